The zero-order valence-corrected chi connectivity index (χ0v) is 9.49. The smallest absolute Gasteiger partial charge is 0.406 e. The number of alkyl halides is 3. The van der Waals surface area contributed by atoms with Gasteiger partial charge in [0.05, 0.1) is 10.7 Å². The van der Waals surface area contributed by atoms with Crippen molar-refractivity contribution in [1.29, 1.82) is 0 Å². The number of rotatable bonds is 2. The average molecular weight is 254 g/mol. The summed E-state index contributed by atoms with van der Waals surface area (Å²) in [5.74, 6) is -0.385. The third-order valence-electron chi connectivity index (χ3n) is 1.99. The van der Waals surface area contributed by atoms with Crippen LogP contribution in [0.2, 0.25) is 5.02 Å². The first-order valence-corrected chi connectivity index (χ1v) is 4.93. The van der Waals surface area contributed by atoms with Gasteiger partial charge in [0.2, 0.25) is 0 Å². The van der Waals surface area contributed by atoms with Crippen molar-refractivity contribution in [2.45, 2.75) is 26.1 Å². The third kappa shape index (κ3) is 3.20. The molecule has 1 aromatic rings. The van der Waals surface area contributed by atoms with Crippen LogP contribution in [0.25, 0.3) is 0 Å². The standard InChI is InChI=1S/C10H11ClF3NO/c1-5(2)7-3-6(16-10(12,13)14)4-8(11)9(7)15/h3-5H,15H2,1-2H3. The predicted molar refractivity (Wildman–Crippen MR) is 56.6 cm³/mol. The molecule has 0 saturated heterocycles. The van der Waals surface area contributed by atoms with Crippen LogP contribution in [0.4, 0.5) is 18.9 Å². The summed E-state index contributed by atoms with van der Waals surface area (Å²) < 4.78 is 39.8. The van der Waals surface area contributed by atoms with E-state index in [9.17, 15) is 13.2 Å². The van der Waals surface area contributed by atoms with Crippen LogP contribution in [0.15, 0.2) is 12.1 Å². The highest BCUT2D eigenvalue weighted by Gasteiger charge is 2.31. The van der Waals surface area contributed by atoms with Gasteiger partial charge in [-0.15, -0.1) is 13.2 Å². The molecule has 0 atom stereocenters. The molecule has 0 aliphatic rings. The Kier molecular flexibility index (Phi) is 3.57. The van der Waals surface area contributed by atoms with Crippen LogP contribution in [0.5, 0.6) is 5.75 Å². The van der Waals surface area contributed by atoms with Gasteiger partial charge < -0.3 is 10.5 Å². The summed E-state index contributed by atoms with van der Waals surface area (Å²) in [6.07, 6.45) is -4.73. The zero-order chi connectivity index (χ0) is 12.5. The second kappa shape index (κ2) is 4.41. The van der Waals surface area contributed by atoms with Gasteiger partial charge in [0.1, 0.15) is 5.75 Å². The minimum atomic E-state index is -4.73. The van der Waals surface area contributed by atoms with Crippen LogP contribution >= 0.6 is 11.6 Å². The van der Waals surface area contributed by atoms with Crippen LogP contribution in [-0.2, 0) is 0 Å². The molecule has 0 fully saturated rings. The van der Waals surface area contributed by atoms with Crippen LogP contribution < -0.4 is 10.5 Å². The lowest BCUT2D eigenvalue weighted by molar-refractivity contribution is -0.274. The van der Waals surface area contributed by atoms with E-state index < -0.39 is 6.36 Å². The zero-order valence-electron chi connectivity index (χ0n) is 8.73. The lowest BCUT2D eigenvalue weighted by atomic mass is 10.0. The van der Waals surface area contributed by atoms with E-state index in [1.165, 1.54) is 6.07 Å². The maximum absolute atomic E-state index is 12.0. The van der Waals surface area contributed by atoms with E-state index in [1.54, 1.807) is 13.8 Å². The first kappa shape index (κ1) is 13.0. The van der Waals surface area contributed by atoms with E-state index in [2.05, 4.69) is 4.74 Å². The van der Waals surface area contributed by atoms with Crippen LogP contribution in [0.3, 0.4) is 0 Å². The van der Waals surface area contributed by atoms with Gasteiger partial charge in [-0.25, -0.2) is 0 Å². The third-order valence-corrected chi connectivity index (χ3v) is 2.30. The number of nitrogen functional groups attached to an aromatic ring is 1. The van der Waals surface area contributed by atoms with Crippen molar-refractivity contribution in [2.24, 2.45) is 0 Å². The molecule has 0 aromatic heterocycles. The first-order chi connectivity index (χ1) is 7.20. The maximum atomic E-state index is 12.0. The summed E-state index contributed by atoms with van der Waals surface area (Å²) in [5, 5.41) is 0.0606. The van der Waals surface area contributed by atoms with Crippen molar-refractivity contribution in [3.05, 3.63) is 22.7 Å². The highest BCUT2D eigenvalue weighted by Crippen LogP contribution is 2.35. The van der Waals surface area contributed by atoms with Gasteiger partial charge in [-0.05, 0) is 17.5 Å². The summed E-state index contributed by atoms with van der Waals surface area (Å²) in [6.45, 7) is 3.61. The van der Waals surface area contributed by atoms with E-state index in [4.69, 9.17) is 17.3 Å². The second-order valence-corrected chi connectivity index (χ2v) is 4.02. The Balaban J connectivity index is 3.14. The molecule has 0 aliphatic heterocycles. The van der Waals surface area contributed by atoms with Crippen LogP contribution in [0, 0.1) is 0 Å². The van der Waals surface area contributed by atoms with E-state index >= 15 is 0 Å². The number of ether oxygens (including phenoxy) is 1. The molecule has 2 N–H and O–H groups in total. The maximum Gasteiger partial charge on any atom is 0.573 e. The van der Waals surface area contributed by atoms with Crippen molar-refractivity contribution in [3.63, 3.8) is 0 Å². The Morgan fingerprint density at radius 1 is 1.31 bits per heavy atom. The highest BCUT2D eigenvalue weighted by molar-refractivity contribution is 6.33. The van der Waals surface area contributed by atoms with Crippen LogP contribution in [0.1, 0.15) is 25.3 Å². The summed E-state index contributed by atoms with van der Waals surface area (Å²) >= 11 is 5.72. The highest BCUT2D eigenvalue weighted by atomic mass is 35.5. The lowest BCUT2D eigenvalue weighted by Gasteiger charge is -2.15. The molecule has 1 rings (SSSR count). The predicted octanol–water partition coefficient (Wildman–Crippen LogP) is 3.94. The van der Waals surface area contributed by atoms with Crippen molar-refractivity contribution >= 4 is 17.3 Å². The van der Waals surface area contributed by atoms with E-state index in [1.807, 2.05) is 0 Å². The number of nitrogens with two attached hydrogens (primary N) is 1. The molecular formula is C10H11ClF3NO. The molecule has 0 spiro atoms. The summed E-state index contributed by atoms with van der Waals surface area (Å²) in [7, 11) is 0. The van der Waals surface area contributed by atoms with Gasteiger partial charge in [-0.1, -0.05) is 25.4 Å². The van der Waals surface area contributed by atoms with Gasteiger partial charge in [-0.2, -0.15) is 0 Å². The topological polar surface area (TPSA) is 35.2 Å². The van der Waals surface area contributed by atoms with Gasteiger partial charge in [0.25, 0.3) is 0 Å². The Bertz CT molecular complexity index is 390. The van der Waals surface area contributed by atoms with Gasteiger partial charge in [0, 0.05) is 6.07 Å². The number of benzene rings is 1. The normalized spacial score (nSPS) is 11.9. The summed E-state index contributed by atoms with van der Waals surface area (Å²) in [6, 6.07) is 2.30. The fourth-order valence-electron chi connectivity index (χ4n) is 1.28. The average Bonchev–Trinajstić information content (AvgIpc) is 2.07. The van der Waals surface area contributed by atoms with E-state index in [-0.39, 0.29) is 22.4 Å². The SMILES string of the molecule is CC(C)c1cc(OC(F)(F)F)cc(Cl)c1N. The van der Waals surface area contributed by atoms with Crippen LogP contribution in [-0.4, -0.2) is 6.36 Å². The van der Waals surface area contributed by atoms with Crippen molar-refractivity contribution in [1.82, 2.24) is 0 Å². The van der Waals surface area contributed by atoms with Gasteiger partial charge in [0.15, 0.2) is 0 Å². The fraction of sp³-hybridized carbons (Fsp3) is 0.400. The molecule has 0 unspecified atom stereocenters. The van der Waals surface area contributed by atoms with E-state index in [0.29, 0.717) is 5.56 Å². The van der Waals surface area contributed by atoms with Crippen molar-refractivity contribution in [3.8, 4) is 5.75 Å². The number of anilines is 1. The van der Waals surface area contributed by atoms with Crippen molar-refractivity contribution < 1.29 is 17.9 Å². The van der Waals surface area contributed by atoms with E-state index in [0.717, 1.165) is 6.07 Å². The Morgan fingerprint density at radius 3 is 2.31 bits per heavy atom. The molecule has 1 aromatic carbocycles. The summed E-state index contributed by atoms with van der Waals surface area (Å²) in [5.41, 5.74) is 6.46. The molecule has 0 saturated carbocycles. The minimum Gasteiger partial charge on any atom is -0.406 e. The Hall–Kier alpha value is -1.10. The lowest BCUT2D eigenvalue weighted by Crippen LogP contribution is -2.17. The molecule has 0 amide bonds. The quantitative estimate of drug-likeness (QED) is 0.810. The molecular weight excluding hydrogens is 243 g/mol. The number of hydrogen-bond donors (Lipinski definition) is 1. The Labute approximate surface area is 96.1 Å². The fourth-order valence-corrected chi connectivity index (χ4v) is 1.50. The molecule has 0 radical (unpaired) electrons. The molecule has 6 heteroatoms. The Morgan fingerprint density at radius 2 is 1.88 bits per heavy atom. The van der Waals surface area contributed by atoms with Gasteiger partial charge >= 0.3 is 6.36 Å². The molecule has 2 nitrogen and oxygen atoms in total. The summed E-state index contributed by atoms with van der Waals surface area (Å²) in [4.78, 5) is 0. The molecule has 16 heavy (non-hydrogen) atoms. The van der Waals surface area contributed by atoms with Gasteiger partial charge in [-0.3, -0.25) is 0 Å². The number of halogens is 4. The monoisotopic (exact) mass is 253 g/mol. The minimum absolute atomic E-state index is 0.0331. The first-order valence-electron chi connectivity index (χ1n) is 4.55. The molecule has 0 heterocycles. The molecule has 0 aliphatic carbocycles. The molecule has 90 valence electrons. The second-order valence-electron chi connectivity index (χ2n) is 3.61. The number of hydrogen-bond acceptors (Lipinski definition) is 2. The largest absolute Gasteiger partial charge is 0.573 e. The van der Waals surface area contributed by atoms with Crippen molar-refractivity contribution in [2.75, 3.05) is 5.73 Å². The molecule has 0 bridgehead atoms.